The Morgan fingerprint density at radius 1 is 0.743 bits per heavy atom. The lowest BCUT2D eigenvalue weighted by molar-refractivity contribution is -0.432. The van der Waals surface area contributed by atoms with Gasteiger partial charge in [0, 0.05) is 29.0 Å². The van der Waals surface area contributed by atoms with Gasteiger partial charge >= 0.3 is 5.97 Å². The summed E-state index contributed by atoms with van der Waals surface area (Å²) in [6.45, 7) is -1.78. The van der Waals surface area contributed by atoms with Crippen LogP contribution < -0.4 is 19.2 Å². The molecule has 29 nitrogen and oxygen atoms in total. The van der Waals surface area contributed by atoms with Crippen molar-refractivity contribution in [3.05, 3.63) is 72.8 Å². The van der Waals surface area contributed by atoms with E-state index in [4.69, 9.17) is 19.5 Å². The van der Waals surface area contributed by atoms with E-state index in [1.807, 2.05) is 0 Å². The molecule has 1 amide bonds. The number of amides is 1. The first-order valence-corrected chi connectivity index (χ1v) is 23.9. The fourth-order valence-electron chi connectivity index (χ4n) is 6.08. The van der Waals surface area contributed by atoms with E-state index >= 15 is 0 Å². The summed E-state index contributed by atoms with van der Waals surface area (Å²) in [5.41, 5.74) is -3.14. The molecule has 0 aromatic heterocycles. The lowest BCUT2D eigenvalue weighted by atomic mass is 10.1. The van der Waals surface area contributed by atoms with Gasteiger partial charge in [0.1, 0.15) is 68.7 Å². The van der Waals surface area contributed by atoms with Gasteiger partial charge in [-0.2, -0.15) is 45.6 Å². The Morgan fingerprint density at radius 3 is 1.89 bits per heavy atom. The maximum Gasteiger partial charge on any atom is 0.355 e. The fraction of sp³-hybridized carbons (Fsp3) is 0.162. The van der Waals surface area contributed by atoms with Crippen molar-refractivity contribution >= 4 is 105 Å². The molecule has 5 aromatic rings. The largest absolute Gasteiger partial charge is 0.505 e. The van der Waals surface area contributed by atoms with Crippen molar-refractivity contribution in [1.29, 1.82) is 0 Å². The fourth-order valence-corrected chi connectivity index (χ4v) is 8.50. The zero-order chi connectivity index (χ0) is 51.1. The number of rotatable bonds is 21. The number of fused-ring (bicyclic) bond motifs is 1. The van der Waals surface area contributed by atoms with E-state index in [9.17, 15) is 68.9 Å². The molecule has 33 heteroatoms. The summed E-state index contributed by atoms with van der Waals surface area (Å²) in [5.74, 6) is -4.16. The number of carboxylic acid groups (broad SMARTS) is 1. The van der Waals surface area contributed by atoms with Gasteiger partial charge in [-0.3, -0.25) is 18.5 Å². The Kier molecular flexibility index (Phi) is 16.2. The van der Waals surface area contributed by atoms with Gasteiger partial charge in [-0.25, -0.2) is 10.1 Å². The Bertz CT molecular complexity index is 3340. The first-order chi connectivity index (χ1) is 33.1. The highest BCUT2D eigenvalue weighted by Gasteiger charge is 2.41. The Labute approximate surface area is 396 Å². The molecule has 8 N–H and O–H groups in total. The lowest BCUT2D eigenvalue weighted by Gasteiger charge is -2.14. The highest BCUT2D eigenvalue weighted by atomic mass is 32.2. The molecule has 0 fully saturated rings. The zero-order valence-electron chi connectivity index (χ0n) is 34.9. The van der Waals surface area contributed by atoms with Crippen molar-refractivity contribution in [1.82, 2.24) is 0 Å². The Balaban J connectivity index is 1.44. The summed E-state index contributed by atoms with van der Waals surface area (Å²) >= 11 is 0.111. The molecule has 70 heavy (non-hydrogen) atoms. The minimum atomic E-state index is -5.40. The van der Waals surface area contributed by atoms with Gasteiger partial charge < -0.3 is 34.6 Å². The number of aliphatic hydroxyl groups is 2. The predicted molar refractivity (Wildman–Crippen MR) is 236 cm³/mol. The molecule has 0 aliphatic carbocycles. The highest BCUT2D eigenvalue weighted by molar-refractivity contribution is 7.94. The standard InChI is InChI=1S/C37H32N8O21S4/c1-62-19-4-8-23(30(14-19)69(56,57)58)38-40-25-16-28(64-13-11-47)26(17-27(25)63-12-10-46)41-42-31-29(67-66-65-52)15-22-21(34(31)48)7-9-24(35(22)70(59,60)61)39-43-32-33(37(50)51)44-45(36(32)49)18-2-5-20(6-3-18)68(53,54)55/h2-9,14-17,32,46-48,52H,10-13H2,1H3,(H,50,51)(H,53,54,55)(H,56,57,58)(H,59,60,61)/b40-38?,42-41?,43-39+. The molecular weight excluding hydrogens is 1020 g/mol. The maximum absolute atomic E-state index is 13.4. The zero-order valence-corrected chi connectivity index (χ0v) is 38.2. The monoisotopic (exact) mass is 1050 g/mol. The van der Waals surface area contributed by atoms with E-state index in [1.165, 1.54) is 19.2 Å². The van der Waals surface area contributed by atoms with E-state index in [1.54, 1.807) is 0 Å². The smallest absolute Gasteiger partial charge is 0.355 e. The van der Waals surface area contributed by atoms with E-state index in [-0.39, 0.29) is 70.6 Å². The number of carbonyl (C=O) groups is 2. The third kappa shape index (κ3) is 11.8. The Hall–Kier alpha value is -7.15. The number of nitrogens with zero attached hydrogens (tertiary/aromatic N) is 8. The van der Waals surface area contributed by atoms with Gasteiger partial charge in [0.2, 0.25) is 6.04 Å². The molecule has 1 heterocycles. The first kappa shape index (κ1) is 52.2. The lowest BCUT2D eigenvalue weighted by Crippen LogP contribution is -2.33. The third-order valence-electron chi connectivity index (χ3n) is 9.07. The molecule has 1 atom stereocenters. The van der Waals surface area contributed by atoms with Gasteiger partial charge in [0.05, 0.1) is 47.8 Å². The van der Waals surface area contributed by atoms with E-state index in [0.717, 1.165) is 60.7 Å². The number of carboxylic acids is 1. The second-order valence-corrected chi connectivity index (χ2v) is 18.4. The van der Waals surface area contributed by atoms with Crippen LogP contribution in [-0.2, 0) is 49.3 Å². The number of ether oxygens (including phenoxy) is 3. The number of benzene rings is 5. The van der Waals surface area contributed by atoms with Crippen LogP contribution in [0, 0.1) is 0 Å². The van der Waals surface area contributed by atoms with Crippen LogP contribution in [0.15, 0.2) is 128 Å². The van der Waals surface area contributed by atoms with E-state index in [2.05, 4.69) is 45.2 Å². The Morgan fingerprint density at radius 2 is 1.34 bits per heavy atom. The second-order valence-electron chi connectivity index (χ2n) is 13.4. The van der Waals surface area contributed by atoms with Crippen molar-refractivity contribution in [2.75, 3.05) is 38.5 Å². The predicted octanol–water partition coefficient (Wildman–Crippen LogP) is 5.24. The van der Waals surface area contributed by atoms with Crippen LogP contribution in [0.1, 0.15) is 0 Å². The van der Waals surface area contributed by atoms with Crippen LogP contribution in [0.4, 0.5) is 34.1 Å². The van der Waals surface area contributed by atoms with Gasteiger partial charge in [0.25, 0.3) is 36.3 Å². The summed E-state index contributed by atoms with van der Waals surface area (Å²) in [6.07, 6.45) is 0. The summed E-state index contributed by atoms with van der Waals surface area (Å²) < 4.78 is 123. The van der Waals surface area contributed by atoms with Crippen LogP contribution in [0.25, 0.3) is 10.8 Å². The number of phenolic OH excluding ortho intramolecular Hbond substituents is 1. The SMILES string of the molecule is COc1ccc(N=Nc2cc(OCCO)c(N=Nc3c(SOOO)cc4c(S(=O)(=O)O)c(/N=N/C5C(=O)N(c6ccc(S(=O)(=O)O)cc6)N=C5C(=O)O)ccc4c3O)cc2OCCO)c(S(=O)(=O)O)c1. The van der Waals surface area contributed by atoms with Crippen LogP contribution in [0.5, 0.6) is 23.0 Å². The molecule has 0 radical (unpaired) electrons. The number of aliphatic carboxylic acids is 1. The topological polar surface area (TPSA) is 434 Å². The number of hydrogen-bond donors (Lipinski definition) is 8. The maximum atomic E-state index is 13.4. The van der Waals surface area contributed by atoms with Crippen molar-refractivity contribution in [2.45, 2.75) is 25.6 Å². The van der Waals surface area contributed by atoms with Gasteiger partial charge in [-0.15, -0.1) is 24.8 Å². The third-order valence-corrected chi connectivity index (χ3v) is 12.4. The summed E-state index contributed by atoms with van der Waals surface area (Å²) in [4.78, 5) is 22.8. The minimum absolute atomic E-state index is 0.0581. The van der Waals surface area contributed by atoms with Crippen LogP contribution in [0.3, 0.4) is 0 Å². The van der Waals surface area contributed by atoms with E-state index in [0.29, 0.717) is 5.01 Å². The first-order valence-electron chi connectivity index (χ1n) is 18.8. The molecule has 1 unspecified atom stereocenters. The van der Waals surface area contributed by atoms with Gasteiger partial charge in [-0.1, -0.05) is 5.04 Å². The number of anilines is 1. The van der Waals surface area contributed by atoms with E-state index < -0.39 is 109 Å². The van der Waals surface area contributed by atoms with Gasteiger partial charge in [0.15, 0.2) is 11.5 Å². The number of aliphatic hydroxyl groups excluding tert-OH is 2. The molecule has 0 spiro atoms. The molecule has 1 aliphatic rings. The number of carbonyl (C=O) groups excluding carboxylic acids is 1. The molecule has 0 saturated carbocycles. The number of hydrogen-bond acceptors (Lipinski definition) is 25. The molecular formula is C37H32N8O21S4. The number of phenols is 1. The number of azo groups is 3. The number of aromatic hydroxyl groups is 1. The molecule has 370 valence electrons. The van der Waals surface area contributed by atoms with Gasteiger partial charge in [-0.05, 0) is 54.6 Å². The van der Waals surface area contributed by atoms with Crippen LogP contribution in [-0.4, -0.2) is 122 Å². The molecule has 6 rings (SSSR count). The normalized spacial score (nSPS) is 14.6. The summed E-state index contributed by atoms with van der Waals surface area (Å²) in [5, 5.41) is 80.0. The molecule has 0 bridgehead atoms. The number of methoxy groups -OCH3 is 1. The molecule has 0 saturated heterocycles. The number of hydrazone groups is 1. The van der Waals surface area contributed by atoms with Crippen LogP contribution >= 0.6 is 12.0 Å². The van der Waals surface area contributed by atoms with Crippen LogP contribution in [0.2, 0.25) is 0 Å². The van der Waals surface area contributed by atoms with Crippen molar-refractivity contribution in [3.63, 3.8) is 0 Å². The quantitative estimate of drug-likeness (QED) is 0.0153. The highest BCUT2D eigenvalue weighted by Crippen LogP contribution is 2.49. The molecule has 1 aliphatic heterocycles. The average Bonchev–Trinajstić information content (AvgIpc) is 3.65. The van der Waals surface area contributed by atoms with Crippen molar-refractivity contribution < 1.29 is 97.8 Å². The summed E-state index contributed by atoms with van der Waals surface area (Å²) in [7, 11) is -13.6. The van der Waals surface area contributed by atoms with Crippen molar-refractivity contribution in [3.8, 4) is 23.0 Å². The van der Waals surface area contributed by atoms with Crippen molar-refractivity contribution in [2.24, 2.45) is 35.8 Å². The molecule has 5 aromatic carbocycles. The summed E-state index contributed by atoms with van der Waals surface area (Å²) in [6, 6.07) is 10.4. The minimum Gasteiger partial charge on any atom is -0.505 e. The average molecular weight is 1050 g/mol. The second kappa shape index (κ2) is 21.6.